The number of alkyl halides is 3. The highest BCUT2D eigenvalue weighted by Gasteiger charge is 2.35. The van der Waals surface area contributed by atoms with Gasteiger partial charge in [0.05, 0.1) is 23.8 Å². The first-order valence-electron chi connectivity index (χ1n) is 7.15. The van der Waals surface area contributed by atoms with Gasteiger partial charge >= 0.3 is 6.18 Å². The highest BCUT2D eigenvalue weighted by molar-refractivity contribution is 5.96. The average Bonchev–Trinajstić information content (AvgIpc) is 2.54. The van der Waals surface area contributed by atoms with Gasteiger partial charge in [0.15, 0.2) is 0 Å². The number of rotatable bonds is 2. The minimum absolute atomic E-state index is 0.367. The van der Waals surface area contributed by atoms with E-state index < -0.39 is 17.6 Å². The van der Waals surface area contributed by atoms with E-state index in [-0.39, 0.29) is 11.6 Å². The monoisotopic (exact) mass is 321 g/mol. The lowest BCUT2D eigenvalue weighted by Gasteiger charge is -2.27. The number of benzene rings is 2. The molecule has 6 heteroatoms. The third-order valence-corrected chi connectivity index (χ3v) is 3.74. The van der Waals surface area contributed by atoms with Crippen LogP contribution < -0.4 is 10.1 Å². The number of para-hydroxylation sites is 1. The molecule has 120 valence electrons. The molecule has 1 aliphatic rings. The molecular weight excluding hydrogens is 307 g/mol. The zero-order valence-electron chi connectivity index (χ0n) is 12.1. The van der Waals surface area contributed by atoms with Gasteiger partial charge in [-0.05, 0) is 18.2 Å². The first-order valence-corrected chi connectivity index (χ1v) is 7.15. The minimum atomic E-state index is -4.57. The van der Waals surface area contributed by atoms with Crippen molar-refractivity contribution >= 4 is 5.91 Å². The second kappa shape index (κ2) is 5.95. The number of halogens is 3. The lowest BCUT2D eigenvalue weighted by molar-refractivity contribution is -0.137. The second-order valence-corrected chi connectivity index (χ2v) is 5.24. The Morgan fingerprint density at radius 1 is 1.09 bits per heavy atom. The number of carbonyl (C=O) groups is 1. The third-order valence-electron chi connectivity index (χ3n) is 3.74. The quantitative estimate of drug-likeness (QED) is 0.909. The van der Waals surface area contributed by atoms with E-state index in [1.807, 2.05) is 6.07 Å². The van der Waals surface area contributed by atoms with Crippen LogP contribution in [0.25, 0.3) is 0 Å². The zero-order chi connectivity index (χ0) is 16.4. The summed E-state index contributed by atoms with van der Waals surface area (Å²) in [6, 6.07) is 11.6. The average molecular weight is 321 g/mol. The fraction of sp³-hybridized carbons (Fsp3) is 0.235. The highest BCUT2D eigenvalue weighted by Crippen LogP contribution is 2.34. The van der Waals surface area contributed by atoms with Crippen LogP contribution in [0.5, 0.6) is 5.75 Å². The van der Waals surface area contributed by atoms with Crippen LogP contribution in [0.1, 0.15) is 33.9 Å². The van der Waals surface area contributed by atoms with Gasteiger partial charge in [0, 0.05) is 12.0 Å². The summed E-state index contributed by atoms with van der Waals surface area (Å²) >= 11 is 0. The Morgan fingerprint density at radius 2 is 1.78 bits per heavy atom. The first-order chi connectivity index (χ1) is 11.0. The summed E-state index contributed by atoms with van der Waals surface area (Å²) < 4.78 is 44.6. The van der Waals surface area contributed by atoms with E-state index in [1.54, 1.807) is 18.2 Å². The number of nitrogens with one attached hydrogen (secondary N) is 1. The van der Waals surface area contributed by atoms with Crippen LogP contribution in [-0.2, 0) is 6.18 Å². The van der Waals surface area contributed by atoms with E-state index in [4.69, 9.17) is 4.74 Å². The van der Waals surface area contributed by atoms with Crippen LogP contribution in [0.4, 0.5) is 13.2 Å². The Morgan fingerprint density at radius 3 is 2.57 bits per heavy atom. The van der Waals surface area contributed by atoms with Gasteiger partial charge in [-0.2, -0.15) is 13.2 Å². The van der Waals surface area contributed by atoms with Crippen molar-refractivity contribution in [3.05, 3.63) is 65.2 Å². The molecule has 0 saturated carbocycles. The summed E-state index contributed by atoms with van der Waals surface area (Å²) in [4.78, 5) is 12.3. The maximum atomic E-state index is 13.0. The van der Waals surface area contributed by atoms with Crippen LogP contribution in [-0.4, -0.2) is 12.5 Å². The summed E-state index contributed by atoms with van der Waals surface area (Å²) in [6.45, 7) is 0.406. The normalized spacial score (nSPS) is 17.1. The first kappa shape index (κ1) is 15.4. The topological polar surface area (TPSA) is 38.3 Å². The van der Waals surface area contributed by atoms with Crippen LogP contribution >= 0.6 is 0 Å². The van der Waals surface area contributed by atoms with Crippen molar-refractivity contribution in [2.45, 2.75) is 18.6 Å². The summed E-state index contributed by atoms with van der Waals surface area (Å²) in [7, 11) is 0. The highest BCUT2D eigenvalue weighted by atomic mass is 19.4. The Labute approximate surface area is 131 Å². The molecule has 1 aliphatic heterocycles. The molecule has 1 heterocycles. The van der Waals surface area contributed by atoms with Crippen molar-refractivity contribution in [1.29, 1.82) is 0 Å². The van der Waals surface area contributed by atoms with Crippen LogP contribution in [0, 0.1) is 0 Å². The number of carbonyl (C=O) groups excluding carboxylic acids is 1. The van der Waals surface area contributed by atoms with E-state index in [0.29, 0.717) is 18.8 Å². The second-order valence-electron chi connectivity index (χ2n) is 5.24. The van der Waals surface area contributed by atoms with Gasteiger partial charge < -0.3 is 10.1 Å². The van der Waals surface area contributed by atoms with Crippen molar-refractivity contribution in [2.75, 3.05) is 6.61 Å². The molecule has 0 saturated heterocycles. The Balaban J connectivity index is 1.87. The molecule has 23 heavy (non-hydrogen) atoms. The van der Waals surface area contributed by atoms with Gasteiger partial charge in [0.25, 0.3) is 5.91 Å². The molecule has 0 fully saturated rings. The van der Waals surface area contributed by atoms with Crippen molar-refractivity contribution in [3.8, 4) is 5.75 Å². The summed E-state index contributed by atoms with van der Waals surface area (Å²) in [5, 5.41) is 2.68. The Hall–Kier alpha value is -2.50. The molecule has 1 atom stereocenters. The molecular formula is C17H14F3NO2. The summed E-state index contributed by atoms with van der Waals surface area (Å²) in [5.41, 5.74) is -0.529. The molecule has 0 aliphatic carbocycles. The van der Waals surface area contributed by atoms with E-state index in [0.717, 1.165) is 11.6 Å². The van der Waals surface area contributed by atoms with Crippen molar-refractivity contribution in [1.82, 2.24) is 5.32 Å². The van der Waals surface area contributed by atoms with Gasteiger partial charge in [0.2, 0.25) is 0 Å². The summed E-state index contributed by atoms with van der Waals surface area (Å²) in [6.07, 6.45) is -4.06. The molecule has 0 unspecified atom stereocenters. The predicted molar refractivity (Wildman–Crippen MR) is 78.2 cm³/mol. The molecule has 1 N–H and O–H groups in total. The fourth-order valence-electron chi connectivity index (χ4n) is 2.66. The van der Waals surface area contributed by atoms with Crippen LogP contribution in [0.3, 0.4) is 0 Å². The van der Waals surface area contributed by atoms with E-state index >= 15 is 0 Å². The predicted octanol–water partition coefficient (Wildman–Crippen LogP) is 3.96. The SMILES string of the molecule is O=C(N[C@@H]1CCOc2ccccc21)c1ccccc1C(F)(F)F. The smallest absolute Gasteiger partial charge is 0.417 e. The van der Waals surface area contributed by atoms with Crippen molar-refractivity contribution < 1.29 is 22.7 Å². The van der Waals surface area contributed by atoms with E-state index in [2.05, 4.69) is 5.32 Å². The number of amides is 1. The number of hydrogen-bond donors (Lipinski definition) is 1. The third kappa shape index (κ3) is 3.16. The van der Waals surface area contributed by atoms with Gasteiger partial charge in [-0.1, -0.05) is 30.3 Å². The molecule has 3 rings (SSSR count). The minimum Gasteiger partial charge on any atom is -0.493 e. The molecule has 2 aromatic carbocycles. The van der Waals surface area contributed by atoms with E-state index in [9.17, 15) is 18.0 Å². The Bertz CT molecular complexity index is 728. The molecule has 0 spiro atoms. The maximum absolute atomic E-state index is 13.0. The molecule has 0 aromatic heterocycles. The maximum Gasteiger partial charge on any atom is 0.417 e. The standard InChI is InChI=1S/C17H14F3NO2/c18-17(19,20)13-7-3-1-5-11(13)16(22)21-14-9-10-23-15-8-4-2-6-12(14)15/h1-8,14H,9-10H2,(H,21,22)/t14-/m1/s1. The molecule has 2 aromatic rings. The number of ether oxygens (including phenoxy) is 1. The summed E-state index contributed by atoms with van der Waals surface area (Å²) in [5.74, 6) is -0.0900. The fourth-order valence-corrected chi connectivity index (χ4v) is 2.66. The molecule has 1 amide bonds. The number of hydrogen-bond acceptors (Lipinski definition) is 2. The van der Waals surface area contributed by atoms with Gasteiger partial charge in [-0.3, -0.25) is 4.79 Å². The van der Waals surface area contributed by atoms with Crippen LogP contribution in [0.2, 0.25) is 0 Å². The molecule has 0 radical (unpaired) electrons. The van der Waals surface area contributed by atoms with E-state index in [1.165, 1.54) is 18.2 Å². The Kier molecular flexibility index (Phi) is 3.98. The van der Waals surface area contributed by atoms with Crippen molar-refractivity contribution in [3.63, 3.8) is 0 Å². The number of fused-ring (bicyclic) bond motifs is 1. The van der Waals surface area contributed by atoms with Gasteiger partial charge in [-0.25, -0.2) is 0 Å². The van der Waals surface area contributed by atoms with Crippen LogP contribution in [0.15, 0.2) is 48.5 Å². The zero-order valence-corrected chi connectivity index (χ0v) is 12.1. The largest absolute Gasteiger partial charge is 0.493 e. The van der Waals surface area contributed by atoms with Crippen molar-refractivity contribution in [2.24, 2.45) is 0 Å². The lowest BCUT2D eigenvalue weighted by atomic mass is 9.99. The molecule has 3 nitrogen and oxygen atoms in total. The lowest BCUT2D eigenvalue weighted by Crippen LogP contribution is -2.33. The van der Waals surface area contributed by atoms with Gasteiger partial charge in [0.1, 0.15) is 5.75 Å². The van der Waals surface area contributed by atoms with Gasteiger partial charge in [-0.15, -0.1) is 0 Å². The molecule has 0 bridgehead atoms.